The first-order valence-corrected chi connectivity index (χ1v) is 27.6. The molecule has 3 aromatic heterocycles. The van der Waals surface area contributed by atoms with E-state index in [1.807, 2.05) is 19.1 Å². The van der Waals surface area contributed by atoms with Gasteiger partial charge in [0.05, 0.1) is 21.3 Å². The van der Waals surface area contributed by atoms with E-state index in [0.717, 1.165) is 92.3 Å². The zero-order chi connectivity index (χ0) is 57.8. The molecule has 3 aliphatic heterocycles. The summed E-state index contributed by atoms with van der Waals surface area (Å²) in [4.78, 5) is 115. The predicted octanol–water partition coefficient (Wildman–Crippen LogP) is 10.2. The van der Waals surface area contributed by atoms with E-state index in [1.165, 1.54) is 57.8 Å². The second-order valence-electron chi connectivity index (χ2n) is 16.8. The molecule has 9 rings (SSSR count). The van der Waals surface area contributed by atoms with Crippen molar-refractivity contribution in [1.82, 2.24) is 29.7 Å². The van der Waals surface area contributed by atoms with Gasteiger partial charge < -0.3 is 39.7 Å². The number of likely N-dealkylation sites (N-methyl/N-ethyl adjacent to an activating group) is 3. The fraction of sp³-hybridized carbons (Fsp3) is 0.151. The molecule has 6 amide bonds. The summed E-state index contributed by atoms with van der Waals surface area (Å²) in [5.74, 6) is -0.0826. The maximum absolute atomic E-state index is 12.1. The summed E-state index contributed by atoms with van der Waals surface area (Å²) >= 11 is 12.8. The Kier molecular flexibility index (Phi) is 23.2. The van der Waals surface area contributed by atoms with Crippen LogP contribution in [-0.4, -0.2) is 99.6 Å². The number of phenols is 2. The van der Waals surface area contributed by atoms with Crippen LogP contribution in [0.3, 0.4) is 0 Å². The Morgan fingerprint density at radius 3 is 1.20 bits per heavy atom. The maximum Gasteiger partial charge on any atom is 0.293 e. The Labute approximate surface area is 499 Å². The summed E-state index contributed by atoms with van der Waals surface area (Å²) in [6, 6.07) is 19.1. The van der Waals surface area contributed by atoms with Crippen LogP contribution < -0.4 is 26.2 Å². The number of aromatic hydroxyl groups is 2. The van der Waals surface area contributed by atoms with Gasteiger partial charge in [0.25, 0.3) is 33.4 Å². The number of hydrogen-bond acceptors (Lipinski definition) is 17. The number of aryl methyl sites for hydroxylation is 2. The van der Waals surface area contributed by atoms with Gasteiger partial charge in [-0.3, -0.25) is 57.9 Å². The number of ether oxygens (including phenoxy) is 2. The number of pyridine rings is 3. The Morgan fingerprint density at radius 2 is 0.838 bits per heavy atom. The summed E-state index contributed by atoms with van der Waals surface area (Å²) in [5, 5.41) is 27.3. The van der Waals surface area contributed by atoms with Crippen molar-refractivity contribution in [2.24, 2.45) is 0 Å². The summed E-state index contributed by atoms with van der Waals surface area (Å²) < 4.78 is 13.6. The number of rotatable bonds is 10. The van der Waals surface area contributed by atoms with Gasteiger partial charge in [0.2, 0.25) is 16.7 Å². The fourth-order valence-corrected chi connectivity index (χ4v) is 10.5. The Hall–Kier alpha value is -6.91. The van der Waals surface area contributed by atoms with E-state index >= 15 is 0 Å². The monoisotopic (exact) mass is 1360 g/mol. The number of benzene rings is 3. The summed E-state index contributed by atoms with van der Waals surface area (Å²) in [7, 11) is 4.32. The third kappa shape index (κ3) is 17.1. The molecule has 0 bridgehead atoms. The molecule has 0 spiro atoms. The lowest BCUT2D eigenvalue weighted by Crippen LogP contribution is -2.22. The van der Waals surface area contributed by atoms with E-state index in [-0.39, 0.29) is 97.9 Å². The van der Waals surface area contributed by atoms with Gasteiger partial charge in [-0.1, -0.05) is 47.8 Å². The number of thioether (sulfide) groups is 3. The van der Waals surface area contributed by atoms with Crippen molar-refractivity contribution in [3.05, 3.63) is 195 Å². The number of aromatic amines is 3. The van der Waals surface area contributed by atoms with Crippen LogP contribution in [0.1, 0.15) is 44.5 Å². The quantitative estimate of drug-likeness (QED) is 0.0695. The smallest absolute Gasteiger partial charge is 0.293 e. The molecule has 0 radical (unpaired) electrons. The highest BCUT2D eigenvalue weighted by atomic mass is 79.9. The number of H-pyrrole nitrogens is 3. The molecular weight excluding hydrogens is 1320 g/mol. The largest absolute Gasteiger partial charge is 0.508 e. The highest BCUT2D eigenvalue weighted by molar-refractivity contribution is 9.11. The minimum absolute atomic E-state index is 0. The number of aliphatic hydroxyl groups is 1. The summed E-state index contributed by atoms with van der Waals surface area (Å²) in [5.41, 5.74) is 5.39. The Bertz CT molecular complexity index is 3480. The third-order valence-corrected chi connectivity index (χ3v) is 16.0. The van der Waals surface area contributed by atoms with Crippen molar-refractivity contribution in [3.63, 3.8) is 0 Å². The number of phenolic OH excluding ortho intramolecular Hbond substituents is 2. The van der Waals surface area contributed by atoms with E-state index in [1.54, 1.807) is 67.7 Å². The van der Waals surface area contributed by atoms with E-state index < -0.39 is 0 Å². The van der Waals surface area contributed by atoms with Gasteiger partial charge in [-0.05, 0) is 155 Å². The third-order valence-electron chi connectivity index (χ3n) is 11.0. The maximum atomic E-state index is 12.1. The molecule has 3 aromatic carbocycles. The van der Waals surface area contributed by atoms with Gasteiger partial charge in [-0.25, -0.2) is 0 Å². The summed E-state index contributed by atoms with van der Waals surface area (Å²) in [6.45, 7) is 4.10. The van der Waals surface area contributed by atoms with Crippen LogP contribution in [-0.2, 0) is 34.2 Å². The lowest BCUT2D eigenvalue weighted by Gasteiger charge is -2.12. The summed E-state index contributed by atoms with van der Waals surface area (Å²) in [6.07, 6.45) is 9.45. The first-order chi connectivity index (χ1) is 37.4. The van der Waals surface area contributed by atoms with Crippen LogP contribution in [0.4, 0.5) is 14.4 Å². The molecule has 0 aliphatic carbocycles. The Balaban J connectivity index is 0.000000206. The van der Waals surface area contributed by atoms with E-state index in [2.05, 4.69) is 62.7 Å². The molecule has 6 aromatic rings. The van der Waals surface area contributed by atoms with E-state index in [9.17, 15) is 53.4 Å². The number of carbonyl (C=O) groups excluding carboxylic acids is 6. The van der Waals surface area contributed by atoms with Gasteiger partial charge in [0, 0.05) is 82.5 Å². The molecule has 6 N–H and O–H groups in total. The second-order valence-corrected chi connectivity index (χ2v) is 22.3. The van der Waals surface area contributed by atoms with Crippen molar-refractivity contribution in [3.8, 4) is 23.0 Å². The lowest BCUT2D eigenvalue weighted by molar-refractivity contribution is -0.122. The standard InChI is InChI=1S/C18H15BrN2O4S.C17H13BrN2O5S.C12H10BrNO3S.C6H7NO2.ClH/c1-10-5-13(19)12(7-15-17(23)21(2)18(24)26-15)6-14(10)25-9-11-3-4-16(22)20-8-11;1-20-16(23)14(26-17(20)24)5-10-4-13(12(21)6-11(10)18)25-8-9-2-3-15(22)19-7-9;1-6-3-8(13)7(4-9(6)15)5-10-11(16)14(2)12(17)18-10;8-4-5-1-2-6(9)7-3-5;/h3-8H,9H2,1-2H3,(H,20,22);2-7,21H,8H2,1H3,(H,19,22);3-5,15H,1-2H3;1-3,8H,4H2,(H,7,9);1H/b15-7-;14-5-;10-5-;;. The zero-order valence-corrected chi connectivity index (χ0v) is 50.5. The highest BCUT2D eigenvalue weighted by Gasteiger charge is 2.34. The number of nitrogens with zero attached hydrogens (tertiary/aromatic N) is 3. The van der Waals surface area contributed by atoms with Crippen LogP contribution in [0.15, 0.2) is 134 Å². The number of halogens is 4. The molecule has 20 nitrogen and oxygen atoms in total. The average Bonchev–Trinajstić information content (AvgIpc) is 3.92. The van der Waals surface area contributed by atoms with Crippen LogP contribution >= 0.6 is 95.5 Å². The van der Waals surface area contributed by atoms with E-state index in [0.29, 0.717) is 37.8 Å². The highest BCUT2D eigenvalue weighted by Crippen LogP contribution is 2.39. The van der Waals surface area contributed by atoms with Crippen LogP contribution in [0.2, 0.25) is 0 Å². The second kappa shape index (κ2) is 29.0. The fourth-order valence-electron chi connectivity index (χ4n) is 6.50. The molecule has 3 saturated heterocycles. The molecular formula is C53H46Br3ClN6O14S3. The number of aromatic nitrogens is 3. The van der Waals surface area contributed by atoms with Crippen LogP contribution in [0.25, 0.3) is 18.2 Å². The number of imide groups is 3. The predicted molar refractivity (Wildman–Crippen MR) is 319 cm³/mol. The topological polar surface area (TPSA) is 290 Å². The SMILES string of the molecule is CN1C(=O)S/C(=C\c2cc(OCc3ccc(=O)[nH]c3)c(O)cc2Br)C1=O.Cc1cc(Br)c(/C=C2\SC(=O)N(C)C2=O)cc1O.Cc1cc(Br)c(/C=C2\SC(=O)N(C)C2=O)cc1OCc1ccc(=O)[nH]c1.Cl.O=c1ccc(CO)c[nH]1. The molecule has 27 heteroatoms. The number of carbonyl (C=O) groups is 6. The molecule has 6 heterocycles. The van der Waals surface area contributed by atoms with Crippen molar-refractivity contribution in [2.75, 3.05) is 21.1 Å². The minimum Gasteiger partial charge on any atom is -0.508 e. The number of aliphatic hydroxyl groups excluding tert-OH is 1. The lowest BCUT2D eigenvalue weighted by atomic mass is 10.1. The molecule has 3 aliphatic rings. The van der Waals surface area contributed by atoms with Crippen LogP contribution in [0.5, 0.6) is 23.0 Å². The number of amides is 6. The molecule has 0 saturated carbocycles. The van der Waals surface area contributed by atoms with Gasteiger partial charge in [0.1, 0.15) is 24.7 Å². The number of hydrogen-bond donors (Lipinski definition) is 6. The minimum atomic E-state index is -0.379. The molecule has 418 valence electrons. The van der Waals surface area contributed by atoms with Crippen molar-refractivity contribution >= 4 is 147 Å². The van der Waals surface area contributed by atoms with Crippen molar-refractivity contribution in [1.29, 1.82) is 0 Å². The molecule has 0 atom stereocenters. The Morgan fingerprint density at radius 1 is 0.487 bits per heavy atom. The van der Waals surface area contributed by atoms with Gasteiger partial charge in [0.15, 0.2) is 11.5 Å². The van der Waals surface area contributed by atoms with Gasteiger partial charge in [-0.2, -0.15) is 0 Å². The van der Waals surface area contributed by atoms with Gasteiger partial charge in [-0.15, -0.1) is 12.4 Å². The van der Waals surface area contributed by atoms with Crippen molar-refractivity contribution in [2.45, 2.75) is 33.7 Å². The normalized spacial score (nSPS) is 15.4. The van der Waals surface area contributed by atoms with Crippen molar-refractivity contribution < 1.29 is 53.6 Å². The molecule has 3 fully saturated rings. The van der Waals surface area contributed by atoms with Gasteiger partial charge >= 0.3 is 0 Å². The first-order valence-electron chi connectivity index (χ1n) is 22.8. The average molecular weight is 1360 g/mol. The number of nitrogens with one attached hydrogen (secondary N) is 3. The molecule has 0 unspecified atom stereocenters. The molecule has 80 heavy (non-hydrogen) atoms. The zero-order valence-electron chi connectivity index (χ0n) is 42.5. The first kappa shape index (κ1) is 63.9. The van der Waals surface area contributed by atoms with E-state index in [4.69, 9.17) is 14.6 Å². The van der Waals surface area contributed by atoms with Crippen LogP contribution in [0, 0.1) is 13.8 Å².